The molecule has 0 spiro atoms. The Labute approximate surface area is 226 Å². The van der Waals surface area contributed by atoms with E-state index in [1.165, 1.54) is 73.6 Å². The number of aryl methyl sites for hydroxylation is 4. The van der Waals surface area contributed by atoms with Crippen LogP contribution in [-0.2, 0) is 42.2 Å². The van der Waals surface area contributed by atoms with Crippen molar-refractivity contribution in [3.05, 3.63) is 58.7 Å². The third-order valence-electron chi connectivity index (χ3n) is 6.38. The summed E-state index contributed by atoms with van der Waals surface area (Å²) in [7, 11) is 0. The minimum atomic E-state index is 0. The monoisotopic (exact) mass is 518 g/mol. The van der Waals surface area contributed by atoms with Gasteiger partial charge in [0, 0.05) is 22.7 Å². The molecule has 0 aromatic heterocycles. The summed E-state index contributed by atoms with van der Waals surface area (Å²) in [4.78, 5) is 9.98. The molecule has 0 radical (unpaired) electrons. The van der Waals surface area contributed by atoms with E-state index in [-0.39, 0.29) is 16.5 Å². The Balaban J connectivity index is 0.00000612. The Kier molecular flexibility index (Phi) is 16.6. The van der Waals surface area contributed by atoms with Crippen molar-refractivity contribution in [3.8, 4) is 0 Å². The van der Waals surface area contributed by atoms with E-state index in [1.807, 2.05) is 6.21 Å². The van der Waals surface area contributed by atoms with Gasteiger partial charge in [0.2, 0.25) is 0 Å². The molecule has 0 aliphatic rings. The normalized spacial score (nSPS) is 11.7. The van der Waals surface area contributed by atoms with E-state index < -0.39 is 0 Å². The maximum Gasteiger partial charge on any atom is 0.0636 e. The van der Waals surface area contributed by atoms with Gasteiger partial charge in [-0.05, 0) is 85.0 Å². The third-order valence-corrected chi connectivity index (χ3v) is 6.38. The molecule has 35 heavy (non-hydrogen) atoms. The van der Waals surface area contributed by atoms with Crippen molar-refractivity contribution in [2.75, 3.05) is 0 Å². The van der Waals surface area contributed by atoms with Crippen LogP contribution in [0.2, 0.25) is 0 Å². The fourth-order valence-electron chi connectivity index (χ4n) is 4.60. The van der Waals surface area contributed by atoms with Gasteiger partial charge in [0.15, 0.2) is 0 Å². The standard InChI is InChI=1S/C32H48N2.Ni/c1-6-11-12-13-18-32(34-31-22-20-27(15-8-3)29(24-31)17-10-5)25-33-30-21-19-26(14-7-2)28(23-30)16-9-4;/h19-25H,6-18H2,1-5H3;/b33-25+,34-32+;. The average molecular weight is 519 g/mol. The minimum Gasteiger partial charge on any atom is -0.255 e. The van der Waals surface area contributed by atoms with Gasteiger partial charge in [-0.25, -0.2) is 0 Å². The Morgan fingerprint density at radius 3 is 1.66 bits per heavy atom. The van der Waals surface area contributed by atoms with Gasteiger partial charge in [0.1, 0.15) is 0 Å². The summed E-state index contributed by atoms with van der Waals surface area (Å²) in [6.45, 7) is 11.3. The molecule has 0 unspecified atom stereocenters. The second-order valence-electron chi connectivity index (χ2n) is 9.58. The molecule has 0 heterocycles. The summed E-state index contributed by atoms with van der Waals surface area (Å²) in [6, 6.07) is 13.6. The van der Waals surface area contributed by atoms with E-state index in [1.54, 1.807) is 0 Å². The number of benzene rings is 2. The first-order valence-electron chi connectivity index (χ1n) is 14.0. The number of aliphatic imine (C=N–C) groups is 2. The zero-order valence-electron chi connectivity index (χ0n) is 22.9. The maximum atomic E-state index is 5.09. The van der Waals surface area contributed by atoms with Crippen LogP contribution >= 0.6 is 0 Å². The van der Waals surface area contributed by atoms with Gasteiger partial charge in [-0.2, -0.15) is 0 Å². The van der Waals surface area contributed by atoms with Crippen LogP contribution in [0.4, 0.5) is 11.4 Å². The molecule has 0 saturated heterocycles. The van der Waals surface area contributed by atoms with Crippen molar-refractivity contribution < 1.29 is 16.5 Å². The summed E-state index contributed by atoms with van der Waals surface area (Å²) in [5.74, 6) is 0. The fourth-order valence-corrected chi connectivity index (χ4v) is 4.60. The summed E-state index contributed by atoms with van der Waals surface area (Å²) >= 11 is 0. The van der Waals surface area contributed by atoms with Gasteiger partial charge in [-0.15, -0.1) is 0 Å². The molecule has 0 atom stereocenters. The second kappa shape index (κ2) is 18.5. The van der Waals surface area contributed by atoms with Gasteiger partial charge in [-0.3, -0.25) is 9.98 Å². The van der Waals surface area contributed by atoms with Crippen molar-refractivity contribution in [3.63, 3.8) is 0 Å². The van der Waals surface area contributed by atoms with Gasteiger partial charge in [0.05, 0.1) is 17.1 Å². The average Bonchev–Trinajstić information content (AvgIpc) is 2.83. The van der Waals surface area contributed by atoms with E-state index in [9.17, 15) is 0 Å². The van der Waals surface area contributed by atoms with E-state index in [0.29, 0.717) is 0 Å². The van der Waals surface area contributed by atoms with Gasteiger partial charge >= 0.3 is 0 Å². The first-order valence-corrected chi connectivity index (χ1v) is 14.0. The molecule has 2 rings (SSSR count). The van der Waals surface area contributed by atoms with Crippen molar-refractivity contribution in [1.82, 2.24) is 0 Å². The van der Waals surface area contributed by atoms with Crippen LogP contribution in [0.1, 0.15) is 115 Å². The Morgan fingerprint density at radius 1 is 0.600 bits per heavy atom. The third kappa shape index (κ3) is 11.3. The predicted octanol–water partition coefficient (Wildman–Crippen LogP) is 9.94. The topological polar surface area (TPSA) is 24.7 Å². The van der Waals surface area contributed by atoms with Crippen LogP contribution in [0.3, 0.4) is 0 Å². The molecular formula is C32H48N2Ni. The molecule has 0 N–H and O–H groups in total. The Morgan fingerprint density at radius 2 is 1.11 bits per heavy atom. The van der Waals surface area contributed by atoms with E-state index >= 15 is 0 Å². The van der Waals surface area contributed by atoms with Gasteiger partial charge in [0.25, 0.3) is 0 Å². The Bertz CT molecular complexity index is 914. The largest absolute Gasteiger partial charge is 0.255 e. The van der Waals surface area contributed by atoms with Crippen LogP contribution < -0.4 is 0 Å². The molecule has 0 aliphatic heterocycles. The van der Waals surface area contributed by atoms with Crippen LogP contribution in [0, 0.1) is 0 Å². The first-order chi connectivity index (χ1) is 16.6. The second-order valence-corrected chi connectivity index (χ2v) is 9.58. The van der Waals surface area contributed by atoms with E-state index in [4.69, 9.17) is 9.98 Å². The molecule has 0 aliphatic carbocycles. The van der Waals surface area contributed by atoms with E-state index in [2.05, 4.69) is 71.0 Å². The predicted molar refractivity (Wildman–Crippen MR) is 153 cm³/mol. The maximum absolute atomic E-state index is 5.09. The number of hydrogen-bond acceptors (Lipinski definition) is 2. The number of rotatable bonds is 16. The number of unbranched alkanes of at least 4 members (excludes halogenated alkanes) is 3. The molecule has 2 aromatic rings. The minimum absolute atomic E-state index is 0. The molecule has 196 valence electrons. The van der Waals surface area contributed by atoms with Crippen LogP contribution in [0.25, 0.3) is 0 Å². The molecular weight excluding hydrogens is 471 g/mol. The molecule has 2 nitrogen and oxygen atoms in total. The summed E-state index contributed by atoms with van der Waals surface area (Å²) < 4.78 is 0. The van der Waals surface area contributed by atoms with Gasteiger partial charge < -0.3 is 0 Å². The zero-order chi connectivity index (χ0) is 24.6. The smallest absolute Gasteiger partial charge is 0.0636 e. The SMILES string of the molecule is CCCCCCC(/C=N/c1ccc(CCC)c(CCC)c1)=N\c1ccc(CCC)c(CCC)c1.[Ni]. The number of hydrogen-bond donors (Lipinski definition) is 0. The summed E-state index contributed by atoms with van der Waals surface area (Å²) in [5, 5.41) is 0. The Hall–Kier alpha value is -1.73. The molecule has 2 aromatic carbocycles. The van der Waals surface area contributed by atoms with Crippen LogP contribution in [0.15, 0.2) is 46.4 Å². The van der Waals surface area contributed by atoms with Gasteiger partial charge in [-0.1, -0.05) is 91.7 Å². The van der Waals surface area contributed by atoms with Crippen LogP contribution in [-0.4, -0.2) is 11.9 Å². The van der Waals surface area contributed by atoms with Crippen molar-refractivity contribution in [2.45, 2.75) is 118 Å². The summed E-state index contributed by atoms with van der Waals surface area (Å²) in [6.07, 6.45) is 17.2. The quantitative estimate of drug-likeness (QED) is 0.120. The summed E-state index contributed by atoms with van der Waals surface area (Å²) in [5.41, 5.74) is 9.10. The number of nitrogens with zero attached hydrogens (tertiary/aromatic N) is 2. The molecule has 0 saturated carbocycles. The molecule has 3 heteroatoms. The van der Waals surface area contributed by atoms with Crippen molar-refractivity contribution >= 4 is 23.3 Å². The molecule has 0 amide bonds. The van der Waals surface area contributed by atoms with Crippen molar-refractivity contribution in [1.29, 1.82) is 0 Å². The van der Waals surface area contributed by atoms with Crippen LogP contribution in [0.5, 0.6) is 0 Å². The molecule has 0 bridgehead atoms. The fraction of sp³-hybridized carbons (Fsp3) is 0.562. The van der Waals surface area contributed by atoms with Crippen molar-refractivity contribution in [2.24, 2.45) is 9.98 Å². The van der Waals surface area contributed by atoms with E-state index in [0.717, 1.165) is 49.2 Å². The molecule has 0 fully saturated rings. The first kappa shape index (κ1) is 31.3. The zero-order valence-corrected chi connectivity index (χ0v) is 23.9.